The molecule has 1 N–H and O–H groups in total. The number of rotatable bonds is 5. The molecule has 1 aromatic carbocycles. The monoisotopic (exact) mass is 331 g/mol. The van der Waals surface area contributed by atoms with Crippen LogP contribution in [0.15, 0.2) is 47.6 Å². The number of aromatic nitrogens is 1. The molecule has 2 aromatic rings. The number of hydrogen-bond donors (Lipinski definition) is 1. The molecule has 0 amide bonds. The first-order chi connectivity index (χ1) is 11.0. The van der Waals surface area contributed by atoms with Crippen molar-refractivity contribution >= 4 is 15.7 Å². The van der Waals surface area contributed by atoms with Crippen molar-refractivity contribution in [2.24, 2.45) is 5.92 Å². The summed E-state index contributed by atoms with van der Waals surface area (Å²) in [6.45, 7) is 7.03. The van der Waals surface area contributed by atoms with Crippen LogP contribution in [0.5, 0.6) is 0 Å². The molecule has 0 aliphatic carbocycles. The Morgan fingerprint density at radius 2 is 2.04 bits per heavy atom. The van der Waals surface area contributed by atoms with Crippen LogP contribution in [0.4, 0.5) is 5.69 Å². The van der Waals surface area contributed by atoms with E-state index in [4.69, 9.17) is 0 Å². The zero-order valence-electron chi connectivity index (χ0n) is 13.4. The fourth-order valence-electron chi connectivity index (χ4n) is 2.94. The molecule has 0 radical (unpaired) electrons. The standard InChI is InChI=1S/C17H21N3O2S/c1-13(2)10-20-11-14-5-3-7-17(16(14)12-20)19-23(21,22)15-6-4-8-18-9-15/h3-9,13,19H,10-12H2,1-2H3. The Morgan fingerprint density at radius 3 is 2.74 bits per heavy atom. The smallest absolute Gasteiger partial charge is 0.263 e. The van der Waals surface area contributed by atoms with Crippen LogP contribution < -0.4 is 4.72 Å². The Morgan fingerprint density at radius 1 is 1.22 bits per heavy atom. The summed E-state index contributed by atoms with van der Waals surface area (Å²) in [5, 5.41) is 0. The maximum absolute atomic E-state index is 12.5. The molecule has 0 bridgehead atoms. The molecule has 0 spiro atoms. The Balaban J connectivity index is 1.85. The number of hydrogen-bond acceptors (Lipinski definition) is 4. The summed E-state index contributed by atoms with van der Waals surface area (Å²) in [6.07, 6.45) is 2.92. The molecule has 1 aromatic heterocycles. The second-order valence-electron chi connectivity index (χ2n) is 6.30. The van der Waals surface area contributed by atoms with Crippen LogP contribution in [-0.2, 0) is 23.1 Å². The van der Waals surface area contributed by atoms with Gasteiger partial charge in [-0.05, 0) is 35.2 Å². The average Bonchev–Trinajstić information content (AvgIpc) is 2.90. The molecule has 3 rings (SSSR count). The minimum atomic E-state index is -3.61. The van der Waals surface area contributed by atoms with E-state index in [-0.39, 0.29) is 4.90 Å². The van der Waals surface area contributed by atoms with Crippen molar-refractivity contribution in [2.45, 2.75) is 31.8 Å². The van der Waals surface area contributed by atoms with E-state index in [2.05, 4.69) is 34.5 Å². The van der Waals surface area contributed by atoms with Gasteiger partial charge in [0.05, 0.1) is 5.69 Å². The second kappa shape index (κ2) is 6.29. The summed E-state index contributed by atoms with van der Waals surface area (Å²) in [4.78, 5) is 6.40. The van der Waals surface area contributed by atoms with Crippen molar-refractivity contribution < 1.29 is 8.42 Å². The Kier molecular flexibility index (Phi) is 4.37. The van der Waals surface area contributed by atoms with Crippen LogP contribution in [-0.4, -0.2) is 24.8 Å². The van der Waals surface area contributed by atoms with Crippen molar-refractivity contribution in [3.63, 3.8) is 0 Å². The van der Waals surface area contributed by atoms with Gasteiger partial charge in [-0.1, -0.05) is 26.0 Å². The van der Waals surface area contributed by atoms with E-state index in [0.29, 0.717) is 11.6 Å². The van der Waals surface area contributed by atoms with Crippen LogP contribution in [0.2, 0.25) is 0 Å². The van der Waals surface area contributed by atoms with Crippen molar-refractivity contribution in [3.05, 3.63) is 53.9 Å². The SMILES string of the molecule is CC(C)CN1Cc2cccc(NS(=O)(=O)c3cccnc3)c2C1. The molecule has 0 saturated heterocycles. The lowest BCUT2D eigenvalue weighted by atomic mass is 10.1. The summed E-state index contributed by atoms with van der Waals surface area (Å²) in [6, 6.07) is 8.96. The average molecular weight is 331 g/mol. The summed E-state index contributed by atoms with van der Waals surface area (Å²) in [5.41, 5.74) is 2.93. The minimum absolute atomic E-state index is 0.176. The molecule has 0 unspecified atom stereocenters. The van der Waals surface area contributed by atoms with Gasteiger partial charge in [-0.2, -0.15) is 0 Å². The van der Waals surface area contributed by atoms with Gasteiger partial charge in [-0.3, -0.25) is 14.6 Å². The predicted octanol–water partition coefficient (Wildman–Crippen LogP) is 2.85. The molecule has 23 heavy (non-hydrogen) atoms. The summed E-state index contributed by atoms with van der Waals surface area (Å²) < 4.78 is 27.7. The molecule has 1 aliphatic rings. The largest absolute Gasteiger partial charge is 0.294 e. The minimum Gasteiger partial charge on any atom is -0.294 e. The van der Waals surface area contributed by atoms with E-state index in [9.17, 15) is 8.42 Å². The molecular formula is C17H21N3O2S. The molecular weight excluding hydrogens is 310 g/mol. The van der Waals surface area contributed by atoms with Crippen molar-refractivity contribution in [1.29, 1.82) is 0 Å². The maximum atomic E-state index is 12.5. The van der Waals surface area contributed by atoms with Crippen LogP contribution in [0.1, 0.15) is 25.0 Å². The van der Waals surface area contributed by atoms with Gasteiger partial charge in [-0.15, -0.1) is 0 Å². The van der Waals surface area contributed by atoms with E-state index in [1.165, 1.54) is 11.8 Å². The van der Waals surface area contributed by atoms with Gasteiger partial charge < -0.3 is 0 Å². The third-order valence-corrected chi connectivity index (χ3v) is 5.21. The number of sulfonamides is 1. The van der Waals surface area contributed by atoms with Gasteiger partial charge in [0.2, 0.25) is 0 Å². The van der Waals surface area contributed by atoms with Crippen molar-refractivity contribution in [1.82, 2.24) is 9.88 Å². The molecule has 0 saturated carbocycles. The second-order valence-corrected chi connectivity index (χ2v) is 7.98. The van der Waals surface area contributed by atoms with Gasteiger partial charge in [0, 0.05) is 32.0 Å². The number of nitrogens with zero attached hydrogens (tertiary/aromatic N) is 2. The van der Waals surface area contributed by atoms with E-state index in [1.54, 1.807) is 18.3 Å². The zero-order valence-corrected chi connectivity index (χ0v) is 14.2. The van der Waals surface area contributed by atoms with Crippen LogP contribution in [0.3, 0.4) is 0 Å². The number of anilines is 1. The lowest BCUT2D eigenvalue weighted by molar-refractivity contribution is 0.251. The molecule has 122 valence electrons. The van der Waals surface area contributed by atoms with Gasteiger partial charge in [0.1, 0.15) is 4.90 Å². The van der Waals surface area contributed by atoms with E-state index >= 15 is 0 Å². The summed E-state index contributed by atoms with van der Waals surface area (Å²) in [7, 11) is -3.61. The Bertz CT molecular complexity index is 789. The number of nitrogens with one attached hydrogen (secondary N) is 1. The maximum Gasteiger partial charge on any atom is 0.263 e. The lowest BCUT2D eigenvalue weighted by Gasteiger charge is -2.17. The third kappa shape index (κ3) is 3.54. The topological polar surface area (TPSA) is 62.3 Å². The molecule has 0 atom stereocenters. The molecule has 1 aliphatic heterocycles. The third-order valence-electron chi connectivity index (χ3n) is 3.86. The fraction of sp³-hybridized carbons (Fsp3) is 0.353. The van der Waals surface area contributed by atoms with Crippen molar-refractivity contribution in [3.8, 4) is 0 Å². The summed E-state index contributed by atoms with van der Waals surface area (Å²) >= 11 is 0. The Hall–Kier alpha value is -1.92. The van der Waals surface area contributed by atoms with E-state index in [0.717, 1.165) is 25.2 Å². The first-order valence-electron chi connectivity index (χ1n) is 7.71. The molecule has 6 heteroatoms. The first kappa shape index (κ1) is 16.0. The van der Waals surface area contributed by atoms with Crippen LogP contribution in [0.25, 0.3) is 0 Å². The van der Waals surface area contributed by atoms with Crippen molar-refractivity contribution in [2.75, 3.05) is 11.3 Å². The highest BCUT2D eigenvalue weighted by atomic mass is 32.2. The van der Waals surface area contributed by atoms with Gasteiger partial charge in [0.25, 0.3) is 10.0 Å². The van der Waals surface area contributed by atoms with Crippen LogP contribution in [0, 0.1) is 5.92 Å². The molecule has 0 fully saturated rings. The zero-order chi connectivity index (χ0) is 16.4. The highest BCUT2D eigenvalue weighted by Crippen LogP contribution is 2.31. The summed E-state index contributed by atoms with van der Waals surface area (Å²) in [5.74, 6) is 0.583. The quantitative estimate of drug-likeness (QED) is 0.915. The molecule has 5 nitrogen and oxygen atoms in total. The van der Waals surface area contributed by atoms with Gasteiger partial charge >= 0.3 is 0 Å². The van der Waals surface area contributed by atoms with Crippen LogP contribution >= 0.6 is 0 Å². The normalized spacial score (nSPS) is 14.9. The first-order valence-corrected chi connectivity index (χ1v) is 9.20. The predicted molar refractivity (Wildman–Crippen MR) is 90.4 cm³/mol. The lowest BCUT2D eigenvalue weighted by Crippen LogP contribution is -2.21. The number of pyridine rings is 1. The molecule has 2 heterocycles. The fourth-order valence-corrected chi connectivity index (χ4v) is 4.00. The van der Waals surface area contributed by atoms with E-state index in [1.807, 2.05) is 12.1 Å². The Labute approximate surface area is 137 Å². The highest BCUT2D eigenvalue weighted by molar-refractivity contribution is 7.92. The number of benzene rings is 1. The number of fused-ring (bicyclic) bond motifs is 1. The van der Waals surface area contributed by atoms with Gasteiger partial charge in [-0.25, -0.2) is 8.42 Å². The van der Waals surface area contributed by atoms with E-state index < -0.39 is 10.0 Å². The highest BCUT2D eigenvalue weighted by Gasteiger charge is 2.24. The van der Waals surface area contributed by atoms with Gasteiger partial charge in [0.15, 0.2) is 0 Å².